The van der Waals surface area contributed by atoms with Gasteiger partial charge in [-0.1, -0.05) is 0 Å². The molecule has 0 saturated carbocycles. The van der Waals surface area contributed by atoms with Gasteiger partial charge in [0.25, 0.3) is 0 Å². The monoisotopic (exact) mass is 338 g/mol. The Morgan fingerprint density at radius 3 is 3.16 bits per heavy atom. The standard InChI is InChI=1S/C14H15BrN2OS/c1-9-4-12(19-14(9)15)7-16-11-5-10-8-18-3-2-13(10)17-6-11/h4-6,16H,2-3,7-8H2,1H3. The number of aromatic nitrogens is 1. The van der Waals surface area contributed by atoms with Gasteiger partial charge in [-0.2, -0.15) is 0 Å². The van der Waals surface area contributed by atoms with Crippen LogP contribution in [0.3, 0.4) is 0 Å². The molecule has 0 amide bonds. The van der Waals surface area contributed by atoms with Crippen LogP contribution < -0.4 is 5.32 Å². The molecule has 0 unspecified atom stereocenters. The van der Waals surface area contributed by atoms with E-state index in [4.69, 9.17) is 4.74 Å². The van der Waals surface area contributed by atoms with E-state index in [0.29, 0.717) is 6.61 Å². The van der Waals surface area contributed by atoms with Crippen LogP contribution in [0, 0.1) is 6.92 Å². The Labute approximate surface area is 125 Å². The van der Waals surface area contributed by atoms with Crippen molar-refractivity contribution in [3.63, 3.8) is 0 Å². The molecule has 19 heavy (non-hydrogen) atoms. The first kappa shape index (κ1) is 13.1. The fourth-order valence-electron chi connectivity index (χ4n) is 2.14. The van der Waals surface area contributed by atoms with Gasteiger partial charge in [-0.3, -0.25) is 4.98 Å². The van der Waals surface area contributed by atoms with Crippen molar-refractivity contribution in [2.45, 2.75) is 26.5 Å². The van der Waals surface area contributed by atoms with E-state index in [1.54, 1.807) is 11.3 Å². The minimum atomic E-state index is 0.682. The molecular formula is C14H15BrN2OS. The van der Waals surface area contributed by atoms with Crippen molar-refractivity contribution in [1.29, 1.82) is 0 Å². The molecule has 2 aromatic heterocycles. The van der Waals surface area contributed by atoms with E-state index >= 15 is 0 Å². The first-order valence-corrected chi connectivity index (χ1v) is 7.87. The minimum Gasteiger partial charge on any atom is -0.379 e. The summed E-state index contributed by atoms with van der Waals surface area (Å²) in [4.78, 5) is 5.82. The van der Waals surface area contributed by atoms with Crippen molar-refractivity contribution in [3.05, 3.63) is 43.8 Å². The molecule has 0 bridgehead atoms. The van der Waals surface area contributed by atoms with E-state index in [-0.39, 0.29) is 0 Å². The average Bonchev–Trinajstić information content (AvgIpc) is 2.75. The van der Waals surface area contributed by atoms with Gasteiger partial charge in [-0.25, -0.2) is 0 Å². The van der Waals surface area contributed by atoms with E-state index < -0.39 is 0 Å². The Bertz CT molecular complexity index is 578. The molecule has 0 aromatic carbocycles. The smallest absolute Gasteiger partial charge is 0.0735 e. The van der Waals surface area contributed by atoms with Gasteiger partial charge in [0.1, 0.15) is 0 Å². The van der Waals surface area contributed by atoms with Crippen LogP contribution in [0.4, 0.5) is 5.69 Å². The number of thiophene rings is 1. The summed E-state index contributed by atoms with van der Waals surface area (Å²) in [6.45, 7) is 4.41. The van der Waals surface area contributed by atoms with Gasteiger partial charge in [0.05, 0.1) is 28.9 Å². The second-order valence-corrected chi connectivity index (χ2v) is 7.11. The largest absolute Gasteiger partial charge is 0.379 e. The predicted molar refractivity (Wildman–Crippen MR) is 81.7 cm³/mol. The summed E-state index contributed by atoms with van der Waals surface area (Å²) >= 11 is 5.32. The lowest BCUT2D eigenvalue weighted by Gasteiger charge is -2.16. The molecule has 2 aromatic rings. The zero-order valence-electron chi connectivity index (χ0n) is 10.7. The number of nitrogens with one attached hydrogen (secondary N) is 1. The number of halogens is 1. The molecule has 0 atom stereocenters. The zero-order chi connectivity index (χ0) is 13.2. The van der Waals surface area contributed by atoms with Crippen molar-refractivity contribution in [1.82, 2.24) is 4.98 Å². The number of aryl methyl sites for hydroxylation is 1. The van der Waals surface area contributed by atoms with Gasteiger partial charge < -0.3 is 10.1 Å². The quantitative estimate of drug-likeness (QED) is 0.921. The first-order chi connectivity index (χ1) is 9.22. The molecule has 1 aliphatic rings. The molecule has 3 rings (SSSR count). The minimum absolute atomic E-state index is 0.682. The lowest BCUT2D eigenvalue weighted by Crippen LogP contribution is -2.12. The van der Waals surface area contributed by atoms with Crippen LogP contribution in [0.25, 0.3) is 0 Å². The van der Waals surface area contributed by atoms with E-state index in [9.17, 15) is 0 Å². The third-order valence-electron chi connectivity index (χ3n) is 3.18. The van der Waals surface area contributed by atoms with Crippen LogP contribution in [0.1, 0.15) is 21.7 Å². The third-order valence-corrected chi connectivity index (χ3v) is 5.31. The second kappa shape index (κ2) is 5.61. The molecule has 1 N–H and O–H groups in total. The van der Waals surface area contributed by atoms with Gasteiger partial charge in [-0.05, 0) is 40.5 Å². The molecule has 3 nitrogen and oxygen atoms in total. The van der Waals surface area contributed by atoms with Crippen LogP contribution in [-0.2, 0) is 24.3 Å². The number of hydrogen-bond acceptors (Lipinski definition) is 4. The number of rotatable bonds is 3. The van der Waals surface area contributed by atoms with Crippen LogP contribution in [0.15, 0.2) is 22.1 Å². The van der Waals surface area contributed by atoms with Gasteiger partial charge in [0.15, 0.2) is 0 Å². The van der Waals surface area contributed by atoms with E-state index in [1.807, 2.05) is 6.20 Å². The van der Waals surface area contributed by atoms with Crippen LogP contribution in [0.5, 0.6) is 0 Å². The molecule has 3 heterocycles. The summed E-state index contributed by atoms with van der Waals surface area (Å²) in [7, 11) is 0. The number of fused-ring (bicyclic) bond motifs is 1. The molecule has 0 aliphatic carbocycles. The summed E-state index contributed by atoms with van der Waals surface area (Å²) < 4.78 is 6.67. The highest BCUT2D eigenvalue weighted by Crippen LogP contribution is 2.28. The Morgan fingerprint density at radius 2 is 2.37 bits per heavy atom. The van der Waals surface area contributed by atoms with Crippen LogP contribution in [0.2, 0.25) is 0 Å². The highest BCUT2D eigenvalue weighted by Gasteiger charge is 2.11. The maximum absolute atomic E-state index is 5.46. The molecule has 0 spiro atoms. The zero-order valence-corrected chi connectivity index (χ0v) is 13.1. The lowest BCUT2D eigenvalue weighted by atomic mass is 10.1. The third kappa shape index (κ3) is 2.99. The Kier molecular flexibility index (Phi) is 3.86. The van der Waals surface area contributed by atoms with Crippen molar-refractivity contribution in [3.8, 4) is 0 Å². The van der Waals surface area contributed by atoms with Crippen molar-refractivity contribution in [2.24, 2.45) is 0 Å². The SMILES string of the molecule is Cc1cc(CNc2cnc3c(c2)COCC3)sc1Br. The average molecular weight is 339 g/mol. The first-order valence-electron chi connectivity index (χ1n) is 6.26. The Balaban J connectivity index is 1.70. The maximum atomic E-state index is 5.46. The predicted octanol–water partition coefficient (Wildman–Crippen LogP) is 3.90. The van der Waals surface area contributed by atoms with Crippen LogP contribution >= 0.6 is 27.3 Å². The highest BCUT2D eigenvalue weighted by molar-refractivity contribution is 9.11. The van der Waals surface area contributed by atoms with Crippen molar-refractivity contribution < 1.29 is 4.74 Å². The van der Waals surface area contributed by atoms with E-state index in [0.717, 1.165) is 25.3 Å². The summed E-state index contributed by atoms with van der Waals surface area (Å²) in [5.41, 5.74) is 4.73. The Hall–Kier alpha value is -0.910. The van der Waals surface area contributed by atoms with Gasteiger partial charge in [0, 0.05) is 29.1 Å². The summed E-state index contributed by atoms with van der Waals surface area (Å²) in [5.74, 6) is 0. The molecule has 1 aliphatic heterocycles. The second-order valence-electron chi connectivity index (χ2n) is 4.66. The van der Waals surface area contributed by atoms with Gasteiger partial charge in [-0.15, -0.1) is 11.3 Å². The molecular weight excluding hydrogens is 324 g/mol. The number of hydrogen-bond donors (Lipinski definition) is 1. The van der Waals surface area contributed by atoms with E-state index in [2.05, 4.69) is 45.3 Å². The normalized spacial score (nSPS) is 14.2. The fourth-order valence-corrected chi connectivity index (χ4v) is 3.70. The van der Waals surface area contributed by atoms with Crippen molar-refractivity contribution >= 4 is 33.0 Å². The van der Waals surface area contributed by atoms with Gasteiger partial charge in [0.2, 0.25) is 0 Å². The number of ether oxygens (including phenoxy) is 1. The molecule has 100 valence electrons. The van der Waals surface area contributed by atoms with E-state index in [1.165, 1.54) is 25.5 Å². The molecule has 0 saturated heterocycles. The number of nitrogens with zero attached hydrogens (tertiary/aromatic N) is 1. The fraction of sp³-hybridized carbons (Fsp3) is 0.357. The summed E-state index contributed by atoms with van der Waals surface area (Å²) in [5, 5.41) is 3.42. The van der Waals surface area contributed by atoms with Crippen LogP contribution in [-0.4, -0.2) is 11.6 Å². The number of pyridine rings is 1. The maximum Gasteiger partial charge on any atom is 0.0735 e. The molecule has 0 radical (unpaired) electrons. The summed E-state index contributed by atoms with van der Waals surface area (Å²) in [6, 6.07) is 4.35. The summed E-state index contributed by atoms with van der Waals surface area (Å²) in [6.07, 6.45) is 2.84. The molecule has 5 heteroatoms. The van der Waals surface area contributed by atoms with Crippen molar-refractivity contribution in [2.75, 3.05) is 11.9 Å². The number of anilines is 1. The highest BCUT2D eigenvalue weighted by atomic mass is 79.9. The molecule has 0 fully saturated rings. The Morgan fingerprint density at radius 1 is 1.47 bits per heavy atom. The van der Waals surface area contributed by atoms with Gasteiger partial charge >= 0.3 is 0 Å². The lowest BCUT2D eigenvalue weighted by molar-refractivity contribution is 0.109. The topological polar surface area (TPSA) is 34.2 Å².